The number of alkyl carbamates (subject to hydrolysis) is 1. The zero-order valence-electron chi connectivity index (χ0n) is 22.1. The number of aliphatic hydroxyl groups excluding tert-OH is 1. The number of nitrogens with one attached hydrogen (secondary N) is 2. The van der Waals surface area contributed by atoms with Crippen molar-refractivity contribution in [2.24, 2.45) is 0 Å². The maximum absolute atomic E-state index is 13.6. The highest BCUT2D eigenvalue weighted by atomic mass is 32.2. The van der Waals surface area contributed by atoms with E-state index in [9.17, 15) is 19.5 Å². The van der Waals surface area contributed by atoms with Crippen molar-refractivity contribution in [3.05, 3.63) is 71.3 Å². The molecular formula is C29H35N3O5S. The lowest BCUT2D eigenvalue weighted by molar-refractivity contribution is -0.147. The molecule has 1 heterocycles. The van der Waals surface area contributed by atoms with Crippen LogP contribution in [0.3, 0.4) is 0 Å². The standard InChI is InChI=1S/C29H35N3O5S/c1-6-20(3)37-28(36)31-23(16-21-13-8-7-9-14-21)24(33)27(35)32-18-38-29(4,5)25(32)26(34)30-17-22-15-11-10-12-19(22)2/h1,7-15,20,23-25,33H,16-18H2,2-5H3,(H,30,34)(H,31,36). The van der Waals surface area contributed by atoms with Crippen molar-refractivity contribution in [3.63, 3.8) is 0 Å². The summed E-state index contributed by atoms with van der Waals surface area (Å²) in [5.41, 5.74) is 2.84. The third-order valence-electron chi connectivity index (χ3n) is 6.55. The minimum absolute atomic E-state index is 0.168. The van der Waals surface area contributed by atoms with Crippen LogP contribution in [0.2, 0.25) is 0 Å². The minimum Gasteiger partial charge on any atom is -0.433 e. The van der Waals surface area contributed by atoms with Crippen LogP contribution in [0.5, 0.6) is 0 Å². The molecule has 0 aliphatic carbocycles. The number of ether oxygens (including phenoxy) is 1. The summed E-state index contributed by atoms with van der Waals surface area (Å²) in [4.78, 5) is 40.8. The number of aliphatic hydroxyl groups is 1. The second kappa shape index (κ2) is 12.9. The number of hydrogen-bond donors (Lipinski definition) is 3. The number of hydrogen-bond acceptors (Lipinski definition) is 6. The van der Waals surface area contributed by atoms with Crippen LogP contribution in [0, 0.1) is 19.3 Å². The molecule has 0 aromatic heterocycles. The van der Waals surface area contributed by atoms with Gasteiger partial charge in [0.15, 0.2) is 12.2 Å². The fourth-order valence-electron chi connectivity index (χ4n) is 4.33. The Morgan fingerprint density at radius 1 is 1.18 bits per heavy atom. The normalized spacial score (nSPS) is 18.5. The van der Waals surface area contributed by atoms with Crippen LogP contribution in [0.15, 0.2) is 54.6 Å². The van der Waals surface area contributed by atoms with E-state index in [0.29, 0.717) is 6.54 Å². The van der Waals surface area contributed by atoms with Crippen LogP contribution in [0.1, 0.15) is 37.5 Å². The number of thioether (sulfide) groups is 1. The fraction of sp³-hybridized carbons (Fsp3) is 0.414. The summed E-state index contributed by atoms with van der Waals surface area (Å²) in [6, 6.07) is 15.1. The van der Waals surface area contributed by atoms with Gasteiger partial charge in [0.25, 0.3) is 5.91 Å². The second-order valence-electron chi connectivity index (χ2n) is 9.83. The predicted octanol–water partition coefficient (Wildman–Crippen LogP) is 3.01. The van der Waals surface area contributed by atoms with Crippen molar-refractivity contribution in [3.8, 4) is 12.3 Å². The Bertz CT molecular complexity index is 1180. The van der Waals surface area contributed by atoms with Crippen LogP contribution in [-0.4, -0.2) is 62.8 Å². The number of carbonyl (C=O) groups is 3. The molecule has 0 radical (unpaired) electrons. The Morgan fingerprint density at radius 3 is 2.50 bits per heavy atom. The van der Waals surface area contributed by atoms with Crippen LogP contribution >= 0.6 is 11.8 Å². The Kier molecular flexibility index (Phi) is 9.84. The van der Waals surface area contributed by atoms with Gasteiger partial charge in [-0.05, 0) is 50.8 Å². The molecule has 3 N–H and O–H groups in total. The Hall–Kier alpha value is -3.48. The van der Waals surface area contributed by atoms with Gasteiger partial charge in [-0.25, -0.2) is 4.79 Å². The lowest BCUT2D eigenvalue weighted by atomic mass is 9.97. The molecule has 3 rings (SSSR count). The number of aryl methyl sites for hydroxylation is 1. The second-order valence-corrected chi connectivity index (χ2v) is 11.4. The molecule has 1 fully saturated rings. The molecule has 3 amide bonds. The SMILES string of the molecule is C#CC(C)OC(=O)NC(Cc1ccccc1)C(O)C(=O)N1CSC(C)(C)C1C(=O)NCc1ccccc1C. The van der Waals surface area contributed by atoms with E-state index in [0.717, 1.165) is 16.7 Å². The Morgan fingerprint density at radius 2 is 1.84 bits per heavy atom. The molecule has 1 aliphatic heterocycles. The third-order valence-corrected chi connectivity index (χ3v) is 7.92. The number of amides is 3. The summed E-state index contributed by atoms with van der Waals surface area (Å²) < 4.78 is 4.52. The van der Waals surface area contributed by atoms with Crippen molar-refractivity contribution in [2.75, 3.05) is 5.88 Å². The van der Waals surface area contributed by atoms with E-state index in [1.54, 1.807) is 0 Å². The van der Waals surface area contributed by atoms with Gasteiger partial charge >= 0.3 is 6.09 Å². The third kappa shape index (κ3) is 7.30. The molecule has 9 heteroatoms. The van der Waals surface area contributed by atoms with Crippen LogP contribution in [-0.2, 0) is 27.3 Å². The topological polar surface area (TPSA) is 108 Å². The molecule has 202 valence electrons. The number of benzene rings is 2. The van der Waals surface area contributed by atoms with Crippen molar-refractivity contribution in [2.45, 2.75) is 69.7 Å². The van der Waals surface area contributed by atoms with Gasteiger partial charge in [0, 0.05) is 11.3 Å². The molecule has 4 atom stereocenters. The van der Waals surface area contributed by atoms with Gasteiger partial charge in [-0.2, -0.15) is 0 Å². The highest BCUT2D eigenvalue weighted by Gasteiger charge is 2.49. The van der Waals surface area contributed by atoms with Gasteiger partial charge in [-0.15, -0.1) is 18.2 Å². The zero-order valence-corrected chi connectivity index (χ0v) is 23.0. The van der Waals surface area contributed by atoms with E-state index < -0.39 is 41.0 Å². The monoisotopic (exact) mass is 537 g/mol. The van der Waals surface area contributed by atoms with Gasteiger partial charge in [-0.3, -0.25) is 9.59 Å². The molecule has 8 nitrogen and oxygen atoms in total. The molecular weight excluding hydrogens is 502 g/mol. The van der Waals surface area contributed by atoms with E-state index in [2.05, 4.69) is 16.6 Å². The molecule has 1 aliphatic rings. The van der Waals surface area contributed by atoms with Gasteiger partial charge in [0.1, 0.15) is 6.04 Å². The van der Waals surface area contributed by atoms with E-state index in [1.165, 1.54) is 23.6 Å². The maximum Gasteiger partial charge on any atom is 0.408 e. The van der Waals surface area contributed by atoms with Crippen molar-refractivity contribution >= 4 is 29.7 Å². The average molecular weight is 538 g/mol. The number of rotatable bonds is 9. The zero-order chi connectivity index (χ0) is 27.9. The van der Waals surface area contributed by atoms with Gasteiger partial charge < -0.3 is 25.4 Å². The van der Waals surface area contributed by atoms with E-state index in [-0.39, 0.29) is 18.2 Å². The maximum atomic E-state index is 13.6. The highest BCUT2D eigenvalue weighted by Crippen LogP contribution is 2.40. The average Bonchev–Trinajstić information content (AvgIpc) is 3.22. The van der Waals surface area contributed by atoms with Crippen LogP contribution in [0.4, 0.5) is 4.79 Å². The van der Waals surface area contributed by atoms with Gasteiger partial charge in [0.05, 0.1) is 11.9 Å². The highest BCUT2D eigenvalue weighted by molar-refractivity contribution is 8.00. The first-order valence-corrected chi connectivity index (χ1v) is 13.4. The first kappa shape index (κ1) is 29.1. The largest absolute Gasteiger partial charge is 0.433 e. The van der Waals surface area contributed by atoms with E-state index >= 15 is 0 Å². The molecule has 2 aromatic carbocycles. The minimum atomic E-state index is -1.62. The summed E-state index contributed by atoms with van der Waals surface area (Å²) in [7, 11) is 0. The molecule has 2 aromatic rings. The summed E-state index contributed by atoms with van der Waals surface area (Å²) >= 11 is 1.45. The predicted molar refractivity (Wildman–Crippen MR) is 148 cm³/mol. The van der Waals surface area contributed by atoms with E-state index in [4.69, 9.17) is 11.2 Å². The molecule has 1 saturated heterocycles. The molecule has 0 spiro atoms. The summed E-state index contributed by atoms with van der Waals surface area (Å²) in [6.07, 6.45) is 2.23. The van der Waals surface area contributed by atoms with Gasteiger partial charge in [-0.1, -0.05) is 60.5 Å². The molecule has 38 heavy (non-hydrogen) atoms. The lowest BCUT2D eigenvalue weighted by Crippen LogP contribution is -2.58. The van der Waals surface area contributed by atoms with Crippen molar-refractivity contribution in [1.82, 2.24) is 15.5 Å². The van der Waals surface area contributed by atoms with E-state index in [1.807, 2.05) is 75.4 Å². The summed E-state index contributed by atoms with van der Waals surface area (Å²) in [5.74, 6) is 1.57. The van der Waals surface area contributed by atoms with Crippen LogP contribution in [0.25, 0.3) is 0 Å². The quantitative estimate of drug-likeness (QED) is 0.425. The van der Waals surface area contributed by atoms with Crippen molar-refractivity contribution in [1.29, 1.82) is 0 Å². The first-order chi connectivity index (χ1) is 18.0. The number of nitrogens with zero attached hydrogens (tertiary/aromatic N) is 1. The van der Waals surface area contributed by atoms with Gasteiger partial charge in [0.2, 0.25) is 5.91 Å². The molecule has 4 unspecified atom stereocenters. The number of carbonyl (C=O) groups excluding carboxylic acids is 3. The van der Waals surface area contributed by atoms with Crippen molar-refractivity contribution < 1.29 is 24.2 Å². The summed E-state index contributed by atoms with van der Waals surface area (Å²) in [5, 5.41) is 16.8. The van der Waals surface area contributed by atoms with Crippen LogP contribution < -0.4 is 10.6 Å². The number of terminal acetylenes is 1. The smallest absolute Gasteiger partial charge is 0.408 e. The Labute approximate surface area is 228 Å². The first-order valence-electron chi connectivity index (χ1n) is 12.5. The molecule has 0 bridgehead atoms. The summed E-state index contributed by atoms with van der Waals surface area (Å²) in [6.45, 7) is 7.63. The Balaban J connectivity index is 1.78. The fourth-order valence-corrected chi connectivity index (χ4v) is 5.47. The lowest BCUT2D eigenvalue weighted by Gasteiger charge is -2.33. The molecule has 0 saturated carbocycles.